The zero-order valence-electron chi connectivity index (χ0n) is 13.7. The van der Waals surface area contributed by atoms with Crippen molar-refractivity contribution in [1.29, 1.82) is 5.26 Å². The third kappa shape index (κ3) is 5.13. The summed E-state index contributed by atoms with van der Waals surface area (Å²) in [7, 11) is 0. The molecule has 23 heavy (non-hydrogen) atoms. The number of rotatable bonds is 6. The topological polar surface area (TPSA) is 77.1 Å². The predicted octanol–water partition coefficient (Wildman–Crippen LogP) is 1.95. The molecule has 0 unspecified atom stereocenters. The van der Waals surface area contributed by atoms with Crippen molar-refractivity contribution in [1.82, 2.24) is 15.5 Å². The van der Waals surface area contributed by atoms with Crippen molar-refractivity contribution in [2.45, 2.75) is 25.3 Å². The van der Waals surface area contributed by atoms with Crippen LogP contribution in [-0.2, 0) is 0 Å². The van der Waals surface area contributed by atoms with Crippen LogP contribution in [0.5, 0.6) is 0 Å². The maximum absolute atomic E-state index is 8.87. The molecule has 0 saturated carbocycles. The fourth-order valence-corrected chi connectivity index (χ4v) is 2.54. The Balaban J connectivity index is 1.93. The quantitative estimate of drug-likeness (QED) is 0.748. The Bertz CT molecular complexity index is 585. The molecular weight excluding hydrogens is 286 g/mol. The number of hydrogen-bond acceptors (Lipinski definition) is 5. The summed E-state index contributed by atoms with van der Waals surface area (Å²) >= 11 is 0. The molecule has 4 N–H and O–H groups in total. The molecule has 5 heteroatoms. The van der Waals surface area contributed by atoms with Crippen LogP contribution in [0.2, 0.25) is 0 Å². The lowest BCUT2D eigenvalue weighted by molar-refractivity contribution is 0.167. The van der Waals surface area contributed by atoms with Crippen LogP contribution < -0.4 is 16.4 Å². The van der Waals surface area contributed by atoms with E-state index in [-0.39, 0.29) is 5.54 Å². The van der Waals surface area contributed by atoms with Crippen molar-refractivity contribution in [2.24, 2.45) is 5.73 Å². The molecule has 0 bridgehead atoms. The Hall–Kier alpha value is -2.29. The first-order valence-corrected chi connectivity index (χ1v) is 7.87. The number of nitriles is 1. The monoisotopic (exact) mass is 311 g/mol. The molecule has 1 aromatic rings. The molecule has 1 aromatic carbocycles. The minimum absolute atomic E-state index is 0.0234. The first kappa shape index (κ1) is 17.1. The van der Waals surface area contributed by atoms with Gasteiger partial charge >= 0.3 is 0 Å². The van der Waals surface area contributed by atoms with E-state index in [1.165, 1.54) is 0 Å². The Kier molecular flexibility index (Phi) is 5.80. The van der Waals surface area contributed by atoms with E-state index < -0.39 is 0 Å². The Morgan fingerprint density at radius 1 is 1.39 bits per heavy atom. The zero-order valence-corrected chi connectivity index (χ0v) is 13.7. The van der Waals surface area contributed by atoms with Gasteiger partial charge in [0.15, 0.2) is 0 Å². The second kappa shape index (κ2) is 7.82. The fraction of sp³-hybridized carbons (Fsp3) is 0.389. The van der Waals surface area contributed by atoms with E-state index in [1.807, 2.05) is 18.3 Å². The highest BCUT2D eigenvalue weighted by Crippen LogP contribution is 2.18. The van der Waals surface area contributed by atoms with Gasteiger partial charge in [-0.3, -0.25) is 4.90 Å². The summed E-state index contributed by atoms with van der Waals surface area (Å²) < 4.78 is 0. The summed E-state index contributed by atoms with van der Waals surface area (Å²) in [4.78, 5) is 2.36. The normalized spacial score (nSPS) is 18.0. The van der Waals surface area contributed by atoms with Crippen LogP contribution in [0.1, 0.15) is 30.9 Å². The number of hydrogen-bond donors (Lipinski definition) is 3. The number of nitrogens with two attached hydrogens (primary N) is 1. The van der Waals surface area contributed by atoms with E-state index >= 15 is 0 Å². The lowest BCUT2D eigenvalue weighted by Crippen LogP contribution is -2.49. The van der Waals surface area contributed by atoms with Gasteiger partial charge < -0.3 is 16.4 Å². The largest absolute Gasteiger partial charge is 0.376 e. The number of nitrogens with zero attached hydrogens (tertiary/aromatic N) is 2. The molecule has 1 fully saturated rings. The molecule has 5 nitrogen and oxygen atoms in total. The van der Waals surface area contributed by atoms with Crippen molar-refractivity contribution < 1.29 is 0 Å². The van der Waals surface area contributed by atoms with E-state index in [2.05, 4.69) is 35.1 Å². The molecule has 1 aliphatic heterocycles. The zero-order chi connectivity index (χ0) is 16.7. The molecule has 0 atom stereocenters. The Morgan fingerprint density at radius 3 is 2.61 bits per heavy atom. The van der Waals surface area contributed by atoms with Gasteiger partial charge in [0.05, 0.1) is 24.0 Å². The lowest BCUT2D eigenvalue weighted by Gasteiger charge is -2.36. The average Bonchev–Trinajstić information content (AvgIpc) is 2.56. The van der Waals surface area contributed by atoms with Crippen LogP contribution >= 0.6 is 0 Å². The summed E-state index contributed by atoms with van der Waals surface area (Å²) in [5, 5.41) is 15.3. The van der Waals surface area contributed by atoms with E-state index in [1.54, 1.807) is 18.3 Å². The maximum atomic E-state index is 8.87. The van der Waals surface area contributed by atoms with Gasteiger partial charge in [0.25, 0.3) is 0 Å². The number of benzene rings is 1. The van der Waals surface area contributed by atoms with Gasteiger partial charge in [-0.15, -0.1) is 0 Å². The van der Waals surface area contributed by atoms with Crippen molar-refractivity contribution >= 4 is 5.70 Å². The standard InChI is InChI=1S/C18H25N5/c1-3-22-17(16-6-4-15(12-19)5-7-16)13-21-14-23-10-8-18(2,20)9-11-23/h3-7,13,21-22H,1,8-11,14,20H2,2H3/b17-13-. The van der Waals surface area contributed by atoms with E-state index in [4.69, 9.17) is 11.0 Å². The minimum atomic E-state index is -0.0234. The number of likely N-dealkylation sites (tertiary alicyclic amines) is 1. The van der Waals surface area contributed by atoms with Crippen molar-refractivity contribution in [3.8, 4) is 6.07 Å². The van der Waals surface area contributed by atoms with Crippen LogP contribution in [0.4, 0.5) is 0 Å². The SMILES string of the molecule is C=CN/C(=C\NCN1CCC(C)(N)CC1)c1ccc(C#N)cc1. The summed E-state index contributed by atoms with van der Waals surface area (Å²) in [5.74, 6) is 0. The molecule has 0 radical (unpaired) electrons. The van der Waals surface area contributed by atoms with Crippen molar-refractivity contribution in [3.63, 3.8) is 0 Å². The second-order valence-electron chi connectivity index (χ2n) is 6.23. The van der Waals surface area contributed by atoms with Gasteiger partial charge in [-0.05, 0) is 43.7 Å². The van der Waals surface area contributed by atoms with E-state index in [9.17, 15) is 0 Å². The molecule has 0 aromatic heterocycles. The van der Waals surface area contributed by atoms with Gasteiger partial charge in [-0.2, -0.15) is 5.26 Å². The Morgan fingerprint density at radius 2 is 2.04 bits per heavy atom. The maximum Gasteiger partial charge on any atom is 0.0991 e. The van der Waals surface area contributed by atoms with Gasteiger partial charge in [-0.25, -0.2) is 0 Å². The van der Waals surface area contributed by atoms with Crippen LogP contribution in [0.3, 0.4) is 0 Å². The summed E-state index contributed by atoms with van der Waals surface area (Å²) in [5.41, 5.74) is 8.71. The molecule has 1 saturated heterocycles. The lowest BCUT2D eigenvalue weighted by atomic mass is 9.91. The van der Waals surface area contributed by atoms with Crippen molar-refractivity contribution in [3.05, 3.63) is 54.4 Å². The highest BCUT2D eigenvalue weighted by molar-refractivity contribution is 5.64. The number of piperidine rings is 1. The van der Waals surface area contributed by atoms with E-state index in [0.29, 0.717) is 5.56 Å². The highest BCUT2D eigenvalue weighted by Gasteiger charge is 2.25. The number of nitrogens with one attached hydrogen (secondary N) is 2. The Labute approximate surface area is 138 Å². The fourth-order valence-electron chi connectivity index (χ4n) is 2.54. The molecular formula is C18H25N5. The van der Waals surface area contributed by atoms with Crippen LogP contribution in [0.25, 0.3) is 5.70 Å². The smallest absolute Gasteiger partial charge is 0.0991 e. The molecule has 2 rings (SSSR count). The summed E-state index contributed by atoms with van der Waals surface area (Å²) in [6, 6.07) is 9.58. The summed E-state index contributed by atoms with van der Waals surface area (Å²) in [6.45, 7) is 8.64. The van der Waals surface area contributed by atoms with Crippen LogP contribution in [-0.4, -0.2) is 30.2 Å². The summed E-state index contributed by atoms with van der Waals surface area (Å²) in [6.07, 6.45) is 5.63. The molecule has 1 aliphatic rings. The average molecular weight is 311 g/mol. The molecule has 122 valence electrons. The highest BCUT2D eigenvalue weighted by atomic mass is 15.2. The second-order valence-corrected chi connectivity index (χ2v) is 6.23. The molecule has 0 aliphatic carbocycles. The third-order valence-corrected chi connectivity index (χ3v) is 4.14. The van der Waals surface area contributed by atoms with Gasteiger partial charge in [0, 0.05) is 24.8 Å². The molecule has 0 amide bonds. The van der Waals surface area contributed by atoms with Crippen molar-refractivity contribution in [2.75, 3.05) is 19.8 Å². The van der Waals surface area contributed by atoms with Crippen LogP contribution in [0.15, 0.2) is 43.2 Å². The van der Waals surface area contributed by atoms with Gasteiger partial charge in [-0.1, -0.05) is 18.7 Å². The first-order valence-electron chi connectivity index (χ1n) is 7.87. The predicted molar refractivity (Wildman–Crippen MR) is 93.9 cm³/mol. The van der Waals surface area contributed by atoms with Crippen LogP contribution in [0, 0.1) is 11.3 Å². The first-order chi connectivity index (χ1) is 11.0. The van der Waals surface area contributed by atoms with Gasteiger partial charge in [0.1, 0.15) is 0 Å². The minimum Gasteiger partial charge on any atom is -0.376 e. The third-order valence-electron chi connectivity index (χ3n) is 4.14. The molecule has 0 spiro atoms. The molecule has 1 heterocycles. The van der Waals surface area contributed by atoms with Gasteiger partial charge in [0.2, 0.25) is 0 Å². The van der Waals surface area contributed by atoms with E-state index in [0.717, 1.165) is 43.9 Å².